The quantitative estimate of drug-likeness (QED) is 0.786. The minimum absolute atomic E-state index is 0.119. The lowest BCUT2D eigenvalue weighted by Gasteiger charge is -2.28. The zero-order valence-electron chi connectivity index (χ0n) is 14.6. The minimum atomic E-state index is -0.228. The molecule has 1 aliphatic rings. The van der Waals surface area contributed by atoms with E-state index in [1.165, 1.54) is 4.90 Å². The molecule has 1 saturated heterocycles. The first-order valence-electron chi connectivity index (χ1n) is 8.69. The molecule has 5 nitrogen and oxygen atoms in total. The van der Waals surface area contributed by atoms with Crippen LogP contribution >= 0.6 is 11.6 Å². The van der Waals surface area contributed by atoms with E-state index in [4.69, 9.17) is 16.3 Å². The molecule has 3 rings (SSSR count). The van der Waals surface area contributed by atoms with Gasteiger partial charge in [0.15, 0.2) is 11.8 Å². The fourth-order valence-corrected chi connectivity index (χ4v) is 3.22. The number of ether oxygens (including phenoxy) is 1. The Hall–Kier alpha value is -2.21. The van der Waals surface area contributed by atoms with Gasteiger partial charge < -0.3 is 15.0 Å². The van der Waals surface area contributed by atoms with Gasteiger partial charge >= 0.3 is 0 Å². The molecule has 1 aliphatic heterocycles. The van der Waals surface area contributed by atoms with Crippen LogP contribution in [0.2, 0.25) is 5.02 Å². The monoisotopic (exact) mass is 373 g/mol. The van der Waals surface area contributed by atoms with Crippen LogP contribution in [0.5, 0.6) is 0 Å². The molecule has 1 atom stereocenters. The van der Waals surface area contributed by atoms with Crippen molar-refractivity contribution >= 4 is 29.0 Å². The molecule has 26 heavy (non-hydrogen) atoms. The van der Waals surface area contributed by atoms with Crippen molar-refractivity contribution in [1.82, 2.24) is 0 Å². The summed E-state index contributed by atoms with van der Waals surface area (Å²) in [4.78, 5) is 26.7. The van der Waals surface area contributed by atoms with Crippen LogP contribution in [0.25, 0.3) is 0 Å². The van der Waals surface area contributed by atoms with Crippen LogP contribution in [0.1, 0.15) is 22.8 Å². The summed E-state index contributed by atoms with van der Waals surface area (Å²) in [5, 5.41) is 3.36. The Morgan fingerprint density at radius 2 is 1.81 bits per heavy atom. The Balaban J connectivity index is 1.81. The molecule has 2 aromatic carbocycles. The van der Waals surface area contributed by atoms with E-state index >= 15 is 0 Å². The number of hydrogen-bond acceptors (Lipinski definition) is 3. The zero-order chi connectivity index (χ0) is 18.5. The number of carbonyl (C=O) groups excluding carboxylic acids is 2. The van der Waals surface area contributed by atoms with Crippen molar-refractivity contribution in [3.05, 3.63) is 64.7 Å². The molecule has 6 heteroatoms. The third kappa shape index (κ3) is 4.30. The number of quaternary nitrogens is 1. The van der Waals surface area contributed by atoms with Gasteiger partial charge in [0.25, 0.3) is 5.91 Å². The highest BCUT2D eigenvalue weighted by Gasteiger charge is 2.28. The molecule has 0 spiro atoms. The third-order valence-corrected chi connectivity index (χ3v) is 4.90. The van der Waals surface area contributed by atoms with Crippen LogP contribution in [0.4, 0.5) is 5.69 Å². The normalized spacial score (nSPS) is 16.1. The second kappa shape index (κ2) is 8.45. The maximum absolute atomic E-state index is 12.8. The van der Waals surface area contributed by atoms with Crippen molar-refractivity contribution in [2.45, 2.75) is 13.0 Å². The summed E-state index contributed by atoms with van der Waals surface area (Å²) in [6.45, 7) is 4.80. The van der Waals surface area contributed by atoms with E-state index in [-0.39, 0.29) is 17.7 Å². The second-order valence-electron chi connectivity index (χ2n) is 6.37. The number of carbonyl (C=O) groups is 2. The first-order chi connectivity index (χ1) is 12.6. The van der Waals surface area contributed by atoms with Gasteiger partial charge in [-0.25, -0.2) is 0 Å². The number of halogens is 1. The van der Waals surface area contributed by atoms with Crippen molar-refractivity contribution in [2.75, 3.05) is 31.6 Å². The van der Waals surface area contributed by atoms with Gasteiger partial charge in [0.05, 0.1) is 18.9 Å². The fraction of sp³-hybridized carbons (Fsp3) is 0.300. The van der Waals surface area contributed by atoms with E-state index in [9.17, 15) is 9.59 Å². The highest BCUT2D eigenvalue weighted by molar-refractivity contribution is 6.31. The molecular formula is C20H22ClN2O3+. The number of benzene rings is 2. The Kier molecular flexibility index (Phi) is 6.04. The van der Waals surface area contributed by atoms with E-state index in [1.807, 2.05) is 13.0 Å². The Bertz CT molecular complexity index is 789. The van der Waals surface area contributed by atoms with Crippen LogP contribution in [0, 0.1) is 0 Å². The molecule has 0 unspecified atom stereocenters. The smallest absolute Gasteiger partial charge is 0.282 e. The third-order valence-electron chi connectivity index (χ3n) is 4.66. The molecule has 1 amide bonds. The summed E-state index contributed by atoms with van der Waals surface area (Å²) in [5.74, 6) is -0.291. The largest absolute Gasteiger partial charge is 0.370 e. The molecule has 2 N–H and O–H groups in total. The van der Waals surface area contributed by atoms with Crippen LogP contribution in [-0.4, -0.2) is 44.0 Å². The van der Waals surface area contributed by atoms with Gasteiger partial charge in [-0.2, -0.15) is 0 Å². The van der Waals surface area contributed by atoms with Gasteiger partial charge in [-0.3, -0.25) is 9.59 Å². The summed E-state index contributed by atoms with van der Waals surface area (Å²) < 4.78 is 5.35. The fourth-order valence-electron chi connectivity index (χ4n) is 3.05. The summed E-state index contributed by atoms with van der Waals surface area (Å²) in [7, 11) is 0. The predicted molar refractivity (Wildman–Crippen MR) is 101 cm³/mol. The van der Waals surface area contributed by atoms with Gasteiger partial charge in [0.1, 0.15) is 13.1 Å². The molecule has 1 heterocycles. The van der Waals surface area contributed by atoms with Gasteiger partial charge in [-0.15, -0.1) is 0 Å². The van der Waals surface area contributed by atoms with E-state index in [1.54, 1.807) is 42.5 Å². The minimum Gasteiger partial charge on any atom is -0.370 e. The second-order valence-corrected chi connectivity index (χ2v) is 6.80. The maximum atomic E-state index is 12.8. The number of anilines is 1. The summed E-state index contributed by atoms with van der Waals surface area (Å²) in [6.07, 6.45) is 0. The Morgan fingerprint density at radius 1 is 1.12 bits per heavy atom. The number of morpholine rings is 1. The molecule has 0 saturated carbocycles. The van der Waals surface area contributed by atoms with Crippen molar-refractivity contribution < 1.29 is 19.2 Å². The number of ketones is 1. The highest BCUT2D eigenvalue weighted by atomic mass is 35.5. The SMILES string of the molecule is C[C@H](C(=O)Nc1ccc(Cl)cc1C(=O)c1ccccc1)[NH+]1CCOCC1. The van der Waals surface area contributed by atoms with E-state index in [2.05, 4.69) is 5.32 Å². The number of nitrogens with one attached hydrogen (secondary N) is 2. The molecule has 0 aromatic heterocycles. The standard InChI is InChI=1S/C20H21ClN2O3/c1-14(23-9-11-26-12-10-23)20(25)22-18-8-7-16(21)13-17(18)19(24)15-5-3-2-4-6-15/h2-8,13-14H,9-12H2,1H3,(H,22,25)/p+1/t14-/m1/s1. The molecule has 0 bridgehead atoms. The molecule has 136 valence electrons. The average Bonchev–Trinajstić information content (AvgIpc) is 2.69. The average molecular weight is 374 g/mol. The zero-order valence-corrected chi connectivity index (χ0v) is 15.4. The van der Waals surface area contributed by atoms with Gasteiger partial charge in [-0.1, -0.05) is 41.9 Å². The summed E-state index contributed by atoms with van der Waals surface area (Å²) >= 11 is 6.09. The van der Waals surface area contributed by atoms with E-state index in [0.717, 1.165) is 13.1 Å². The van der Waals surface area contributed by atoms with Gasteiger partial charge in [0, 0.05) is 16.1 Å². The van der Waals surface area contributed by atoms with Crippen LogP contribution in [0.3, 0.4) is 0 Å². The van der Waals surface area contributed by atoms with Crippen molar-refractivity contribution in [1.29, 1.82) is 0 Å². The molecule has 1 fully saturated rings. The Labute approximate surface area is 157 Å². The van der Waals surface area contributed by atoms with E-state index in [0.29, 0.717) is 35.1 Å². The first-order valence-corrected chi connectivity index (χ1v) is 9.06. The molecular weight excluding hydrogens is 352 g/mol. The van der Waals surface area contributed by atoms with E-state index < -0.39 is 0 Å². The molecule has 2 aromatic rings. The molecule has 0 aliphatic carbocycles. The lowest BCUT2D eigenvalue weighted by Crippen LogP contribution is -3.18. The number of amides is 1. The topological polar surface area (TPSA) is 59.8 Å². The number of hydrogen-bond donors (Lipinski definition) is 2. The maximum Gasteiger partial charge on any atom is 0.282 e. The van der Waals surface area contributed by atoms with Crippen molar-refractivity contribution in [2.24, 2.45) is 0 Å². The lowest BCUT2D eigenvalue weighted by atomic mass is 10.0. The highest BCUT2D eigenvalue weighted by Crippen LogP contribution is 2.23. The number of rotatable bonds is 5. The summed E-state index contributed by atoms with van der Waals surface area (Å²) in [6, 6.07) is 13.7. The Morgan fingerprint density at radius 3 is 2.50 bits per heavy atom. The van der Waals surface area contributed by atoms with Crippen molar-refractivity contribution in [3.63, 3.8) is 0 Å². The first kappa shape index (κ1) is 18.6. The van der Waals surface area contributed by atoms with Crippen molar-refractivity contribution in [3.8, 4) is 0 Å². The summed E-state index contributed by atoms with van der Waals surface area (Å²) in [5.41, 5.74) is 1.42. The van der Waals surface area contributed by atoms with Crippen LogP contribution in [-0.2, 0) is 9.53 Å². The van der Waals surface area contributed by atoms with Gasteiger partial charge in [-0.05, 0) is 25.1 Å². The lowest BCUT2D eigenvalue weighted by molar-refractivity contribution is -0.921. The van der Waals surface area contributed by atoms with Crippen LogP contribution < -0.4 is 10.2 Å². The van der Waals surface area contributed by atoms with Crippen LogP contribution in [0.15, 0.2) is 48.5 Å². The predicted octanol–water partition coefficient (Wildman–Crippen LogP) is 1.81. The van der Waals surface area contributed by atoms with Gasteiger partial charge in [0.2, 0.25) is 0 Å². The molecule has 0 radical (unpaired) electrons.